The lowest BCUT2D eigenvalue weighted by Crippen LogP contribution is -2.34. The number of rotatable bonds is 3. The average molecular weight is 613 g/mol. The molecule has 1 aromatic heterocycles. The Morgan fingerprint density at radius 1 is 1.13 bits per heavy atom. The Morgan fingerprint density at radius 3 is 2.77 bits per heavy atom. The molecule has 0 aliphatic heterocycles. The second-order valence-electron chi connectivity index (χ2n) is 6.24. The number of hydrogen-bond acceptors (Lipinski definition) is 4. The Bertz CT molecular complexity index is 1290. The minimum absolute atomic E-state index is 0.157. The molecular formula is C21H12BrClIN3O2S. The monoisotopic (exact) mass is 611 g/mol. The van der Waals surface area contributed by atoms with Gasteiger partial charge in [0.25, 0.3) is 5.91 Å². The number of aromatic nitrogens is 1. The maximum Gasteiger partial charge on any atom is 0.258 e. The van der Waals surface area contributed by atoms with Gasteiger partial charge in [0, 0.05) is 19.3 Å². The average Bonchev–Trinajstić information content (AvgIpc) is 3.13. The SMILES string of the molecule is O=C(NC(=S)Nc1ccc2oc(-c3cccc(Br)c3)nc2c1)c1cc(I)ccc1Cl. The molecule has 0 aliphatic rings. The predicted octanol–water partition coefficient (Wildman–Crippen LogP) is 6.64. The third-order valence-corrected chi connectivity index (χ3v) is 5.82. The van der Waals surface area contributed by atoms with Crippen molar-refractivity contribution in [2.45, 2.75) is 0 Å². The number of oxazole rings is 1. The third-order valence-electron chi connectivity index (χ3n) is 4.12. The summed E-state index contributed by atoms with van der Waals surface area (Å²) < 4.78 is 7.68. The first kappa shape index (κ1) is 21.2. The van der Waals surface area contributed by atoms with Crippen molar-refractivity contribution in [3.8, 4) is 11.5 Å². The van der Waals surface area contributed by atoms with E-state index in [-0.39, 0.29) is 11.0 Å². The molecule has 4 aromatic rings. The molecule has 0 unspecified atom stereocenters. The molecular weight excluding hydrogens is 601 g/mol. The van der Waals surface area contributed by atoms with Crippen LogP contribution < -0.4 is 10.6 Å². The highest BCUT2D eigenvalue weighted by Crippen LogP contribution is 2.28. The number of fused-ring (bicyclic) bond motifs is 1. The molecule has 9 heteroatoms. The molecule has 30 heavy (non-hydrogen) atoms. The summed E-state index contributed by atoms with van der Waals surface area (Å²) in [6.45, 7) is 0. The zero-order valence-electron chi connectivity index (χ0n) is 15.1. The fourth-order valence-electron chi connectivity index (χ4n) is 2.75. The van der Waals surface area contributed by atoms with Gasteiger partial charge in [-0.3, -0.25) is 10.1 Å². The molecule has 0 bridgehead atoms. The van der Waals surface area contributed by atoms with Gasteiger partial charge in [-0.25, -0.2) is 4.98 Å². The highest BCUT2D eigenvalue weighted by atomic mass is 127. The van der Waals surface area contributed by atoms with Gasteiger partial charge >= 0.3 is 0 Å². The van der Waals surface area contributed by atoms with Crippen LogP contribution in [-0.4, -0.2) is 16.0 Å². The van der Waals surface area contributed by atoms with Gasteiger partial charge in [-0.05, 0) is 89.4 Å². The molecule has 0 radical (unpaired) electrons. The summed E-state index contributed by atoms with van der Waals surface area (Å²) in [5, 5.41) is 6.15. The van der Waals surface area contributed by atoms with Crippen molar-refractivity contribution >= 4 is 90.1 Å². The number of nitrogens with zero attached hydrogens (tertiary/aromatic N) is 1. The van der Waals surface area contributed by atoms with Crippen LogP contribution in [0, 0.1) is 3.57 Å². The number of anilines is 1. The fraction of sp³-hybridized carbons (Fsp3) is 0. The molecule has 0 aliphatic carbocycles. The molecule has 0 saturated heterocycles. The molecule has 1 heterocycles. The lowest BCUT2D eigenvalue weighted by Gasteiger charge is -2.10. The van der Waals surface area contributed by atoms with E-state index in [0.717, 1.165) is 13.6 Å². The van der Waals surface area contributed by atoms with E-state index in [1.807, 2.05) is 30.3 Å². The molecule has 0 fully saturated rings. The number of nitrogens with one attached hydrogen (secondary N) is 2. The van der Waals surface area contributed by atoms with Gasteiger partial charge in [-0.2, -0.15) is 0 Å². The van der Waals surface area contributed by atoms with Gasteiger partial charge in [-0.1, -0.05) is 33.6 Å². The van der Waals surface area contributed by atoms with E-state index in [4.69, 9.17) is 28.2 Å². The van der Waals surface area contributed by atoms with Gasteiger partial charge in [0.1, 0.15) is 5.52 Å². The second-order valence-corrected chi connectivity index (χ2v) is 9.22. The summed E-state index contributed by atoms with van der Waals surface area (Å²) in [6.07, 6.45) is 0. The zero-order valence-corrected chi connectivity index (χ0v) is 20.4. The van der Waals surface area contributed by atoms with Crippen LogP contribution in [0.15, 0.2) is 69.6 Å². The maximum atomic E-state index is 12.5. The van der Waals surface area contributed by atoms with Crippen LogP contribution in [0.4, 0.5) is 5.69 Å². The molecule has 4 rings (SSSR count). The first-order valence-electron chi connectivity index (χ1n) is 8.63. The first-order chi connectivity index (χ1) is 14.4. The van der Waals surface area contributed by atoms with Crippen molar-refractivity contribution in [2.75, 3.05) is 5.32 Å². The largest absolute Gasteiger partial charge is 0.436 e. The van der Waals surface area contributed by atoms with E-state index in [9.17, 15) is 4.79 Å². The lowest BCUT2D eigenvalue weighted by molar-refractivity contribution is 0.0978. The van der Waals surface area contributed by atoms with E-state index in [1.165, 1.54) is 0 Å². The Hall–Kier alpha value is -2.01. The molecule has 0 spiro atoms. The molecule has 3 aromatic carbocycles. The number of carbonyl (C=O) groups excluding carboxylic acids is 1. The third kappa shape index (κ3) is 4.83. The minimum atomic E-state index is -0.379. The highest BCUT2D eigenvalue weighted by molar-refractivity contribution is 14.1. The summed E-state index contributed by atoms with van der Waals surface area (Å²) in [4.78, 5) is 17.0. The molecule has 0 atom stereocenters. The van der Waals surface area contributed by atoms with Crippen LogP contribution >= 0.6 is 62.3 Å². The number of benzene rings is 3. The van der Waals surface area contributed by atoms with Crippen LogP contribution in [0.1, 0.15) is 10.4 Å². The second kappa shape index (κ2) is 9.01. The smallest absolute Gasteiger partial charge is 0.258 e. The lowest BCUT2D eigenvalue weighted by atomic mass is 10.2. The number of hydrogen-bond donors (Lipinski definition) is 2. The summed E-state index contributed by atoms with van der Waals surface area (Å²) >= 11 is 17.0. The Balaban J connectivity index is 1.50. The van der Waals surface area contributed by atoms with Crippen LogP contribution in [0.5, 0.6) is 0 Å². The predicted molar refractivity (Wildman–Crippen MR) is 135 cm³/mol. The van der Waals surface area contributed by atoms with E-state index >= 15 is 0 Å². The minimum Gasteiger partial charge on any atom is -0.436 e. The van der Waals surface area contributed by atoms with Crippen LogP contribution in [0.3, 0.4) is 0 Å². The molecule has 1 amide bonds. The van der Waals surface area contributed by atoms with Gasteiger partial charge < -0.3 is 9.73 Å². The van der Waals surface area contributed by atoms with Crippen LogP contribution in [0.2, 0.25) is 5.02 Å². The van der Waals surface area contributed by atoms with Gasteiger partial charge in [-0.15, -0.1) is 0 Å². The maximum absolute atomic E-state index is 12.5. The van der Waals surface area contributed by atoms with Gasteiger partial charge in [0.05, 0.1) is 10.6 Å². The summed E-state index contributed by atoms with van der Waals surface area (Å²) in [7, 11) is 0. The molecule has 2 N–H and O–H groups in total. The number of halogens is 3. The van der Waals surface area contributed by atoms with Crippen molar-refractivity contribution in [3.63, 3.8) is 0 Å². The summed E-state index contributed by atoms with van der Waals surface area (Å²) in [5.74, 6) is 0.142. The topological polar surface area (TPSA) is 67.2 Å². The quantitative estimate of drug-likeness (QED) is 0.201. The van der Waals surface area contributed by atoms with E-state index < -0.39 is 0 Å². The van der Waals surface area contributed by atoms with Gasteiger partial charge in [0.15, 0.2) is 10.7 Å². The van der Waals surface area contributed by atoms with Gasteiger partial charge in [0.2, 0.25) is 5.89 Å². The standard InChI is InChI=1S/C21H12BrClIN3O2S/c22-12-3-1-2-11(8-12)20-26-17-10-14(5-7-18(17)29-20)25-21(30)27-19(28)15-9-13(24)4-6-16(15)23/h1-10H,(H2,25,27,28,30). The van der Waals surface area contributed by atoms with Crippen molar-refractivity contribution < 1.29 is 9.21 Å². The van der Waals surface area contributed by atoms with Crippen molar-refractivity contribution in [2.24, 2.45) is 0 Å². The molecule has 0 saturated carbocycles. The first-order valence-corrected chi connectivity index (χ1v) is 11.3. The van der Waals surface area contributed by atoms with Crippen molar-refractivity contribution in [3.05, 3.63) is 79.3 Å². The Morgan fingerprint density at radius 2 is 1.97 bits per heavy atom. The van der Waals surface area contributed by atoms with E-state index in [2.05, 4.69) is 54.1 Å². The normalized spacial score (nSPS) is 10.8. The van der Waals surface area contributed by atoms with Crippen LogP contribution in [0.25, 0.3) is 22.6 Å². The van der Waals surface area contributed by atoms with Crippen molar-refractivity contribution in [1.82, 2.24) is 10.3 Å². The summed E-state index contributed by atoms with van der Waals surface area (Å²) in [6, 6.07) is 18.3. The molecule has 5 nitrogen and oxygen atoms in total. The highest BCUT2D eigenvalue weighted by Gasteiger charge is 2.14. The summed E-state index contributed by atoms with van der Waals surface area (Å²) in [5.41, 5.74) is 3.22. The Kier molecular flexibility index (Phi) is 6.37. The van der Waals surface area contributed by atoms with Crippen molar-refractivity contribution in [1.29, 1.82) is 0 Å². The Labute approximate surface area is 204 Å². The number of thiocarbonyl (C=S) groups is 1. The number of amides is 1. The molecule has 150 valence electrons. The van der Waals surface area contributed by atoms with E-state index in [1.54, 1.807) is 30.3 Å². The number of carbonyl (C=O) groups is 1. The van der Waals surface area contributed by atoms with E-state index in [0.29, 0.717) is 33.3 Å². The van der Waals surface area contributed by atoms with Crippen LogP contribution in [-0.2, 0) is 0 Å². The fourth-order valence-corrected chi connectivity index (χ4v) is 4.06. The zero-order chi connectivity index (χ0) is 21.3.